The molecular weight excluding hydrogens is 331 g/mol. The minimum absolute atomic E-state index is 0.125. The van der Waals surface area contributed by atoms with Gasteiger partial charge in [-0.2, -0.15) is 0 Å². The number of halogens is 2. The van der Waals surface area contributed by atoms with Crippen LogP contribution in [0.1, 0.15) is 37.2 Å². The van der Waals surface area contributed by atoms with Crippen LogP contribution in [0, 0.1) is 11.3 Å². The predicted molar refractivity (Wildman–Crippen MR) is 93.0 cm³/mol. The molecule has 23 heavy (non-hydrogen) atoms. The van der Waals surface area contributed by atoms with Gasteiger partial charge in [-0.1, -0.05) is 23.2 Å². The second kappa shape index (κ2) is 5.94. The van der Waals surface area contributed by atoms with Gasteiger partial charge in [0.15, 0.2) is 0 Å². The number of nitrogens with zero attached hydrogens (tertiary/aromatic N) is 1. The summed E-state index contributed by atoms with van der Waals surface area (Å²) in [7, 11) is 0. The SMILES string of the molecule is O=C(C1CC1c1cc(Cl)cc(Cl)c1)N1CCC2(CCNC2)CC1. The van der Waals surface area contributed by atoms with Crippen molar-refractivity contribution in [3.63, 3.8) is 0 Å². The van der Waals surface area contributed by atoms with Gasteiger partial charge in [0.25, 0.3) is 0 Å². The average molecular weight is 353 g/mol. The standard InChI is InChI=1S/C18H22Cl2N2O/c19-13-7-12(8-14(20)9-13)15-10-16(15)17(23)22-5-2-18(3-6-22)1-4-21-11-18/h7-9,15-16,21H,1-6,10-11H2. The normalized spacial score (nSPS) is 29.0. The number of amides is 1. The van der Waals surface area contributed by atoms with Gasteiger partial charge in [-0.25, -0.2) is 0 Å². The summed E-state index contributed by atoms with van der Waals surface area (Å²) in [6.45, 7) is 4.09. The van der Waals surface area contributed by atoms with E-state index in [0.717, 1.165) is 51.0 Å². The summed E-state index contributed by atoms with van der Waals surface area (Å²) >= 11 is 12.2. The fraction of sp³-hybridized carbons (Fsp3) is 0.611. The van der Waals surface area contributed by atoms with Crippen molar-refractivity contribution in [3.05, 3.63) is 33.8 Å². The monoisotopic (exact) mass is 352 g/mol. The third-order valence-electron chi connectivity index (χ3n) is 5.89. The summed E-state index contributed by atoms with van der Waals surface area (Å²) in [5.74, 6) is 0.745. The van der Waals surface area contributed by atoms with Gasteiger partial charge in [-0.15, -0.1) is 0 Å². The number of hydrogen-bond donors (Lipinski definition) is 1. The smallest absolute Gasteiger partial charge is 0.226 e. The van der Waals surface area contributed by atoms with Crippen molar-refractivity contribution in [1.29, 1.82) is 0 Å². The van der Waals surface area contributed by atoms with E-state index in [9.17, 15) is 4.79 Å². The minimum atomic E-state index is 0.125. The fourth-order valence-electron chi connectivity index (χ4n) is 4.28. The van der Waals surface area contributed by atoms with E-state index < -0.39 is 0 Å². The molecule has 124 valence electrons. The molecule has 1 aliphatic carbocycles. The molecule has 4 rings (SSSR count). The summed E-state index contributed by atoms with van der Waals surface area (Å²) in [4.78, 5) is 14.8. The van der Waals surface area contributed by atoms with Gasteiger partial charge < -0.3 is 10.2 Å². The minimum Gasteiger partial charge on any atom is -0.342 e. The van der Waals surface area contributed by atoms with Crippen molar-refractivity contribution in [1.82, 2.24) is 10.2 Å². The molecule has 0 bridgehead atoms. The Morgan fingerprint density at radius 3 is 2.43 bits per heavy atom. The molecule has 3 fully saturated rings. The Kier molecular flexibility index (Phi) is 4.07. The molecule has 1 amide bonds. The molecule has 1 spiro atoms. The van der Waals surface area contributed by atoms with Crippen LogP contribution >= 0.6 is 23.2 Å². The highest BCUT2D eigenvalue weighted by Crippen LogP contribution is 2.50. The van der Waals surface area contributed by atoms with Gasteiger partial charge >= 0.3 is 0 Å². The van der Waals surface area contributed by atoms with Crippen molar-refractivity contribution >= 4 is 29.1 Å². The lowest BCUT2D eigenvalue weighted by molar-refractivity contribution is -0.134. The molecule has 5 heteroatoms. The van der Waals surface area contributed by atoms with Gasteiger partial charge in [-0.05, 0) is 67.3 Å². The van der Waals surface area contributed by atoms with E-state index in [0.29, 0.717) is 27.3 Å². The largest absolute Gasteiger partial charge is 0.342 e. The maximum Gasteiger partial charge on any atom is 0.226 e. The van der Waals surface area contributed by atoms with Crippen LogP contribution in [0.2, 0.25) is 10.0 Å². The van der Waals surface area contributed by atoms with Gasteiger partial charge in [0, 0.05) is 35.6 Å². The highest BCUT2D eigenvalue weighted by molar-refractivity contribution is 6.34. The molecule has 1 aromatic rings. The Morgan fingerprint density at radius 1 is 1.13 bits per heavy atom. The summed E-state index contributed by atoms with van der Waals surface area (Å²) in [5, 5.41) is 4.78. The molecule has 2 unspecified atom stereocenters. The zero-order valence-electron chi connectivity index (χ0n) is 13.2. The molecule has 0 aromatic heterocycles. The van der Waals surface area contributed by atoms with Gasteiger partial charge in [-0.3, -0.25) is 4.79 Å². The van der Waals surface area contributed by atoms with E-state index in [2.05, 4.69) is 10.2 Å². The molecule has 3 aliphatic rings. The first-order valence-corrected chi connectivity index (χ1v) is 9.27. The molecule has 1 aromatic carbocycles. The van der Waals surface area contributed by atoms with Crippen LogP contribution in [-0.2, 0) is 4.79 Å². The van der Waals surface area contributed by atoms with E-state index in [1.165, 1.54) is 6.42 Å². The number of piperidine rings is 1. The van der Waals surface area contributed by atoms with Crippen molar-refractivity contribution in [2.75, 3.05) is 26.2 Å². The van der Waals surface area contributed by atoms with E-state index in [1.54, 1.807) is 6.07 Å². The highest BCUT2D eigenvalue weighted by atomic mass is 35.5. The number of carbonyl (C=O) groups excluding carboxylic acids is 1. The van der Waals surface area contributed by atoms with Crippen LogP contribution in [-0.4, -0.2) is 37.0 Å². The quantitative estimate of drug-likeness (QED) is 0.879. The Balaban J connectivity index is 1.38. The molecule has 0 radical (unpaired) electrons. The molecule has 1 N–H and O–H groups in total. The topological polar surface area (TPSA) is 32.3 Å². The maximum absolute atomic E-state index is 12.8. The lowest BCUT2D eigenvalue weighted by Gasteiger charge is -2.39. The number of hydrogen-bond acceptors (Lipinski definition) is 2. The zero-order chi connectivity index (χ0) is 16.0. The molecule has 2 saturated heterocycles. The number of rotatable bonds is 2. The third-order valence-corrected chi connectivity index (χ3v) is 6.32. The second-order valence-corrected chi connectivity index (χ2v) is 8.28. The van der Waals surface area contributed by atoms with E-state index in [1.807, 2.05) is 12.1 Å². The van der Waals surface area contributed by atoms with Crippen LogP contribution in [0.5, 0.6) is 0 Å². The Morgan fingerprint density at radius 2 is 1.83 bits per heavy atom. The van der Waals surface area contributed by atoms with E-state index in [-0.39, 0.29) is 5.92 Å². The number of nitrogens with one attached hydrogen (secondary N) is 1. The first-order valence-electron chi connectivity index (χ1n) is 8.52. The Hall–Kier alpha value is -0.770. The maximum atomic E-state index is 12.8. The second-order valence-electron chi connectivity index (χ2n) is 7.40. The highest BCUT2D eigenvalue weighted by Gasteiger charge is 2.47. The first kappa shape index (κ1) is 15.7. The van der Waals surface area contributed by atoms with Crippen LogP contribution < -0.4 is 5.32 Å². The zero-order valence-corrected chi connectivity index (χ0v) is 14.7. The van der Waals surface area contributed by atoms with Gasteiger partial charge in [0.2, 0.25) is 5.91 Å². The summed E-state index contributed by atoms with van der Waals surface area (Å²) < 4.78 is 0. The Labute approximate surface area is 147 Å². The van der Waals surface area contributed by atoms with Gasteiger partial charge in [0.05, 0.1) is 0 Å². The first-order chi connectivity index (χ1) is 11.1. The van der Waals surface area contributed by atoms with Crippen molar-refractivity contribution in [3.8, 4) is 0 Å². The van der Waals surface area contributed by atoms with Crippen molar-refractivity contribution in [2.45, 2.75) is 31.6 Å². The molecule has 3 nitrogen and oxygen atoms in total. The average Bonchev–Trinajstić information content (AvgIpc) is 3.21. The lowest BCUT2D eigenvalue weighted by atomic mass is 9.78. The van der Waals surface area contributed by atoms with Crippen molar-refractivity contribution in [2.24, 2.45) is 11.3 Å². The predicted octanol–water partition coefficient (Wildman–Crippen LogP) is 3.70. The van der Waals surface area contributed by atoms with Crippen LogP contribution in [0.15, 0.2) is 18.2 Å². The summed E-state index contributed by atoms with van der Waals surface area (Å²) in [6, 6.07) is 5.63. The number of likely N-dealkylation sites (tertiary alicyclic amines) is 1. The van der Waals surface area contributed by atoms with Gasteiger partial charge in [0.1, 0.15) is 0 Å². The summed E-state index contributed by atoms with van der Waals surface area (Å²) in [5.41, 5.74) is 1.56. The lowest BCUT2D eigenvalue weighted by Crippen LogP contribution is -2.44. The van der Waals surface area contributed by atoms with Crippen molar-refractivity contribution < 1.29 is 4.79 Å². The van der Waals surface area contributed by atoms with Crippen LogP contribution in [0.25, 0.3) is 0 Å². The molecule has 1 saturated carbocycles. The van der Waals surface area contributed by atoms with Crippen LogP contribution in [0.3, 0.4) is 0 Å². The van der Waals surface area contributed by atoms with E-state index in [4.69, 9.17) is 23.2 Å². The number of carbonyl (C=O) groups is 1. The number of benzene rings is 1. The summed E-state index contributed by atoms with van der Waals surface area (Å²) in [6.07, 6.45) is 4.49. The van der Waals surface area contributed by atoms with Crippen LogP contribution in [0.4, 0.5) is 0 Å². The fourth-order valence-corrected chi connectivity index (χ4v) is 4.83. The Bertz CT molecular complexity index is 597. The molecule has 2 heterocycles. The molecule has 2 atom stereocenters. The molecular formula is C18H22Cl2N2O. The third kappa shape index (κ3) is 3.11. The van der Waals surface area contributed by atoms with E-state index >= 15 is 0 Å². The molecule has 2 aliphatic heterocycles.